The second kappa shape index (κ2) is 11.1. The Morgan fingerprint density at radius 1 is 0.811 bits per heavy atom. The zero-order valence-electron chi connectivity index (χ0n) is 21.3. The van der Waals surface area contributed by atoms with Crippen molar-refractivity contribution in [2.45, 2.75) is 26.2 Å². The molecule has 0 bridgehead atoms. The lowest BCUT2D eigenvalue weighted by Gasteiger charge is -2.38. The largest absolute Gasteiger partial charge is 0.353 e. The van der Waals surface area contributed by atoms with Gasteiger partial charge in [-0.05, 0) is 42.7 Å². The Kier molecular flexibility index (Phi) is 7.52. The van der Waals surface area contributed by atoms with Crippen molar-refractivity contribution in [2.24, 2.45) is 0 Å². The van der Waals surface area contributed by atoms with Gasteiger partial charge in [-0.15, -0.1) is 0 Å². The van der Waals surface area contributed by atoms with Crippen LogP contribution in [0, 0.1) is 13.8 Å². The first-order valence-corrected chi connectivity index (χ1v) is 13.1. The molecule has 3 aromatic carbocycles. The summed E-state index contributed by atoms with van der Waals surface area (Å²) in [5.41, 5.74) is 5.33. The van der Waals surface area contributed by atoms with Gasteiger partial charge in [0.25, 0.3) is 0 Å². The Balaban J connectivity index is 1.36. The molecule has 5 rings (SSSR count). The second-order valence-electron chi connectivity index (χ2n) is 9.53. The van der Waals surface area contributed by atoms with Gasteiger partial charge in [0.1, 0.15) is 11.6 Å². The molecule has 37 heavy (non-hydrogen) atoms. The fourth-order valence-electron chi connectivity index (χ4n) is 5.08. The molecular formula is C31H31ClN4O. The van der Waals surface area contributed by atoms with Crippen molar-refractivity contribution in [3.63, 3.8) is 0 Å². The molecule has 2 heterocycles. The molecule has 0 N–H and O–H groups in total. The number of nitrogens with zero attached hydrogens (tertiary/aromatic N) is 4. The Morgan fingerprint density at radius 3 is 1.95 bits per heavy atom. The summed E-state index contributed by atoms with van der Waals surface area (Å²) in [6.45, 7) is 6.74. The molecule has 1 aromatic heterocycles. The molecule has 1 saturated heterocycles. The molecule has 0 radical (unpaired) electrons. The van der Waals surface area contributed by atoms with Crippen LogP contribution in [0.3, 0.4) is 0 Å². The minimum absolute atomic E-state index is 0.147. The number of aryl methyl sites for hydroxylation is 2. The highest BCUT2D eigenvalue weighted by Gasteiger charge is 2.31. The number of anilines is 1. The number of halogens is 1. The van der Waals surface area contributed by atoms with E-state index >= 15 is 0 Å². The van der Waals surface area contributed by atoms with Crippen LogP contribution < -0.4 is 4.90 Å². The molecule has 0 spiro atoms. The third kappa shape index (κ3) is 5.67. The molecule has 188 valence electrons. The molecule has 6 heteroatoms. The molecular weight excluding hydrogens is 480 g/mol. The summed E-state index contributed by atoms with van der Waals surface area (Å²) in [6, 6.07) is 28.1. The predicted octanol–water partition coefficient (Wildman–Crippen LogP) is 5.82. The van der Waals surface area contributed by atoms with Gasteiger partial charge in [0.2, 0.25) is 5.91 Å². The fraction of sp³-hybridized carbons (Fsp3) is 0.258. The van der Waals surface area contributed by atoms with E-state index in [1.807, 2.05) is 91.5 Å². The van der Waals surface area contributed by atoms with Crippen molar-refractivity contribution >= 4 is 23.3 Å². The van der Waals surface area contributed by atoms with Crippen LogP contribution in [-0.4, -0.2) is 47.0 Å². The Hall–Kier alpha value is -3.70. The van der Waals surface area contributed by atoms with Gasteiger partial charge in [-0.2, -0.15) is 0 Å². The molecule has 1 aliphatic heterocycles. The number of benzene rings is 3. The predicted molar refractivity (Wildman–Crippen MR) is 149 cm³/mol. The maximum Gasteiger partial charge on any atom is 0.234 e. The minimum atomic E-state index is -0.307. The van der Waals surface area contributed by atoms with Gasteiger partial charge >= 0.3 is 0 Å². The normalized spacial score (nSPS) is 13.7. The van der Waals surface area contributed by atoms with Gasteiger partial charge in [0, 0.05) is 48.9 Å². The number of aromatic nitrogens is 2. The number of hydrogen-bond acceptors (Lipinski definition) is 4. The van der Waals surface area contributed by atoms with Crippen LogP contribution in [0.25, 0.3) is 0 Å². The van der Waals surface area contributed by atoms with Gasteiger partial charge in [0.15, 0.2) is 0 Å². The van der Waals surface area contributed by atoms with Crippen LogP contribution in [-0.2, 0) is 11.2 Å². The summed E-state index contributed by atoms with van der Waals surface area (Å²) in [6.07, 6.45) is 0.738. The van der Waals surface area contributed by atoms with Gasteiger partial charge in [-0.1, -0.05) is 84.4 Å². The highest BCUT2D eigenvalue weighted by Crippen LogP contribution is 2.29. The van der Waals surface area contributed by atoms with E-state index in [0.29, 0.717) is 13.1 Å². The molecule has 0 unspecified atom stereocenters. The Morgan fingerprint density at radius 2 is 1.38 bits per heavy atom. The van der Waals surface area contributed by atoms with Crippen molar-refractivity contribution < 1.29 is 4.79 Å². The van der Waals surface area contributed by atoms with E-state index in [0.717, 1.165) is 58.6 Å². The topological polar surface area (TPSA) is 49.3 Å². The lowest BCUT2D eigenvalue weighted by molar-refractivity contribution is -0.132. The molecule has 1 amide bonds. The highest BCUT2D eigenvalue weighted by atomic mass is 35.5. The summed E-state index contributed by atoms with van der Waals surface area (Å²) < 4.78 is 0. The van der Waals surface area contributed by atoms with Crippen LogP contribution >= 0.6 is 11.6 Å². The monoisotopic (exact) mass is 510 g/mol. The molecule has 1 aliphatic rings. The van der Waals surface area contributed by atoms with E-state index in [4.69, 9.17) is 16.6 Å². The second-order valence-corrected chi connectivity index (χ2v) is 9.96. The summed E-state index contributed by atoms with van der Waals surface area (Å²) in [4.78, 5) is 27.7. The number of hydrogen-bond donors (Lipinski definition) is 0. The van der Waals surface area contributed by atoms with Crippen LogP contribution in [0.4, 0.5) is 5.82 Å². The van der Waals surface area contributed by atoms with Gasteiger partial charge in [0.05, 0.1) is 5.92 Å². The maximum atomic E-state index is 13.9. The first kappa shape index (κ1) is 25.0. The quantitative estimate of drug-likeness (QED) is 0.328. The number of carbonyl (C=O) groups excluding carboxylic acids is 1. The molecule has 1 fully saturated rings. The summed E-state index contributed by atoms with van der Waals surface area (Å²) >= 11 is 6.09. The number of amides is 1. The van der Waals surface area contributed by atoms with Crippen molar-refractivity contribution in [3.8, 4) is 0 Å². The third-order valence-corrected chi connectivity index (χ3v) is 7.25. The van der Waals surface area contributed by atoms with Crippen LogP contribution in [0.15, 0.2) is 84.9 Å². The Bertz CT molecular complexity index is 1310. The number of rotatable bonds is 6. The summed E-state index contributed by atoms with van der Waals surface area (Å²) in [5.74, 6) is 1.57. The van der Waals surface area contributed by atoms with E-state index in [1.165, 1.54) is 5.56 Å². The van der Waals surface area contributed by atoms with Gasteiger partial charge in [-0.25, -0.2) is 9.97 Å². The molecule has 0 atom stereocenters. The summed E-state index contributed by atoms with van der Waals surface area (Å²) in [7, 11) is 0. The van der Waals surface area contributed by atoms with Crippen molar-refractivity contribution in [2.75, 3.05) is 31.1 Å². The minimum Gasteiger partial charge on any atom is -0.353 e. The van der Waals surface area contributed by atoms with Crippen molar-refractivity contribution in [1.29, 1.82) is 0 Å². The number of carbonyl (C=O) groups is 1. The van der Waals surface area contributed by atoms with E-state index in [-0.39, 0.29) is 11.8 Å². The standard InChI is InChI=1S/C31H31ClN4O/c1-22-28(21-24-13-15-27(32)16-14-24)30(34-23(2)33-22)35-17-19-36(20-18-35)31(37)29(25-9-5-3-6-10-25)26-11-7-4-8-12-26/h3-16,29H,17-21H2,1-2H3. The zero-order valence-corrected chi connectivity index (χ0v) is 22.0. The van der Waals surface area contributed by atoms with Crippen molar-refractivity contribution in [1.82, 2.24) is 14.9 Å². The Labute approximate surface area is 223 Å². The SMILES string of the molecule is Cc1nc(C)c(Cc2ccc(Cl)cc2)c(N2CCN(C(=O)C(c3ccccc3)c3ccccc3)CC2)n1. The van der Waals surface area contributed by atoms with Gasteiger partial charge in [-0.3, -0.25) is 4.79 Å². The van der Waals surface area contributed by atoms with Crippen molar-refractivity contribution in [3.05, 3.63) is 124 Å². The van der Waals surface area contributed by atoms with Crippen LogP contribution in [0.1, 0.15) is 39.7 Å². The van der Waals surface area contributed by atoms with E-state index in [2.05, 4.69) is 22.0 Å². The average molecular weight is 511 g/mol. The van der Waals surface area contributed by atoms with Crippen LogP contribution in [0.2, 0.25) is 5.02 Å². The zero-order chi connectivity index (χ0) is 25.8. The molecule has 5 nitrogen and oxygen atoms in total. The molecule has 0 aliphatic carbocycles. The lowest BCUT2D eigenvalue weighted by Crippen LogP contribution is -2.50. The molecule has 0 saturated carbocycles. The molecule has 4 aromatic rings. The van der Waals surface area contributed by atoms with E-state index in [9.17, 15) is 4.79 Å². The highest BCUT2D eigenvalue weighted by molar-refractivity contribution is 6.30. The maximum absolute atomic E-state index is 13.9. The number of piperazine rings is 1. The average Bonchev–Trinajstić information content (AvgIpc) is 2.92. The van der Waals surface area contributed by atoms with E-state index < -0.39 is 0 Å². The third-order valence-electron chi connectivity index (χ3n) is 7.00. The smallest absolute Gasteiger partial charge is 0.234 e. The first-order valence-electron chi connectivity index (χ1n) is 12.7. The fourth-order valence-corrected chi connectivity index (χ4v) is 5.21. The van der Waals surface area contributed by atoms with Crippen LogP contribution in [0.5, 0.6) is 0 Å². The lowest BCUT2D eigenvalue weighted by atomic mass is 9.90. The summed E-state index contributed by atoms with van der Waals surface area (Å²) in [5, 5.41) is 0.728. The van der Waals surface area contributed by atoms with Gasteiger partial charge < -0.3 is 9.80 Å². The van der Waals surface area contributed by atoms with E-state index in [1.54, 1.807) is 0 Å². The first-order chi connectivity index (χ1) is 18.0.